The number of ether oxygens (including phenoxy) is 3. The van der Waals surface area contributed by atoms with Crippen molar-refractivity contribution in [2.24, 2.45) is 0 Å². The number of hydrogen-bond donors (Lipinski definition) is 1. The summed E-state index contributed by atoms with van der Waals surface area (Å²) in [7, 11) is 3.36. The molecule has 0 radical (unpaired) electrons. The number of hydrogen-bond acceptors (Lipinski definition) is 7. The topological polar surface area (TPSA) is 86.8 Å². The summed E-state index contributed by atoms with van der Waals surface area (Å²) in [5.74, 6) is -0.175. The van der Waals surface area contributed by atoms with E-state index in [2.05, 4.69) is 17.2 Å². The molecule has 2 aromatic carbocycles. The third-order valence-corrected chi connectivity index (χ3v) is 7.88. The second-order valence-corrected chi connectivity index (χ2v) is 11.1. The van der Waals surface area contributed by atoms with Gasteiger partial charge in [0.1, 0.15) is 5.75 Å². The van der Waals surface area contributed by atoms with Crippen LogP contribution in [0.1, 0.15) is 80.5 Å². The number of amides is 1. The number of carbonyl (C=O) groups is 2. The number of benzene rings is 2. The van der Waals surface area contributed by atoms with Crippen molar-refractivity contribution in [1.29, 1.82) is 0 Å². The molecule has 7 nitrogen and oxygen atoms in total. The Morgan fingerprint density at radius 3 is 2.46 bits per heavy atom. The Labute approximate surface area is 255 Å². The quantitative estimate of drug-likeness (QED) is 0.110. The SMILES string of the molecule is CCCCCC[C@H](OC)c1cccc(-c2csc(NC(=O)c3cc(Cl)c(C=C(C)C(=O)OCC)c(Cl)c3)n2)c1OC. The van der Waals surface area contributed by atoms with Crippen LogP contribution in [0.5, 0.6) is 5.75 Å². The highest BCUT2D eigenvalue weighted by molar-refractivity contribution is 7.14. The van der Waals surface area contributed by atoms with E-state index in [9.17, 15) is 9.59 Å². The van der Waals surface area contributed by atoms with E-state index in [4.69, 9.17) is 37.4 Å². The maximum absolute atomic E-state index is 13.1. The molecule has 0 fully saturated rings. The molecule has 3 aromatic rings. The van der Waals surface area contributed by atoms with Crippen molar-refractivity contribution in [3.05, 3.63) is 68.0 Å². The first-order valence-electron chi connectivity index (χ1n) is 13.5. The third-order valence-electron chi connectivity index (χ3n) is 6.50. The maximum Gasteiger partial charge on any atom is 0.333 e. The summed E-state index contributed by atoms with van der Waals surface area (Å²) in [5.41, 5.74) is 3.49. The summed E-state index contributed by atoms with van der Waals surface area (Å²) in [6, 6.07) is 8.92. The van der Waals surface area contributed by atoms with Gasteiger partial charge in [0.15, 0.2) is 5.13 Å². The number of halogens is 2. The molecule has 3 rings (SSSR count). The number of nitrogens with one attached hydrogen (secondary N) is 1. The lowest BCUT2D eigenvalue weighted by Gasteiger charge is -2.20. The van der Waals surface area contributed by atoms with Crippen LogP contribution in [0.25, 0.3) is 17.3 Å². The molecular weight excluding hydrogens is 583 g/mol. The van der Waals surface area contributed by atoms with E-state index < -0.39 is 11.9 Å². The predicted octanol–water partition coefficient (Wildman–Crippen LogP) is 9.00. The van der Waals surface area contributed by atoms with Gasteiger partial charge >= 0.3 is 5.97 Å². The van der Waals surface area contributed by atoms with Crippen LogP contribution in [0.2, 0.25) is 10.0 Å². The van der Waals surface area contributed by atoms with Crippen LogP contribution >= 0.6 is 34.5 Å². The second kappa shape index (κ2) is 15.9. The van der Waals surface area contributed by atoms with Gasteiger partial charge in [0.05, 0.1) is 35.6 Å². The first-order chi connectivity index (χ1) is 19.7. The Kier molecular flexibility index (Phi) is 12.7. The largest absolute Gasteiger partial charge is 0.496 e. The standard InChI is InChI=1S/C31H36Cl2N2O5S/c1-6-8-9-10-14-27(38-4)22-13-11-12-21(28(22)39-5)26-18-41-31(34-26)35-29(36)20-16-24(32)23(25(33)17-20)15-19(3)30(37)40-7-2/h11-13,15-18,27H,6-10,14H2,1-5H3,(H,34,35,36)/t27-/m0/s1. The molecule has 1 aromatic heterocycles. The fourth-order valence-electron chi connectivity index (χ4n) is 4.39. The monoisotopic (exact) mass is 618 g/mol. The van der Waals surface area contributed by atoms with Gasteiger partial charge in [-0.1, -0.05) is 67.9 Å². The van der Waals surface area contributed by atoms with Gasteiger partial charge in [-0.15, -0.1) is 11.3 Å². The van der Waals surface area contributed by atoms with Crippen LogP contribution in [0.15, 0.2) is 41.3 Å². The number of esters is 1. The highest BCUT2D eigenvalue weighted by Crippen LogP contribution is 2.40. The number of nitrogens with zero attached hydrogens (tertiary/aromatic N) is 1. The highest BCUT2D eigenvalue weighted by Gasteiger charge is 2.21. The Morgan fingerprint density at radius 2 is 1.83 bits per heavy atom. The molecule has 0 bridgehead atoms. The fraction of sp³-hybridized carbons (Fsp3) is 0.387. The maximum atomic E-state index is 13.1. The van der Waals surface area contributed by atoms with E-state index in [0.717, 1.165) is 30.4 Å². The lowest BCUT2D eigenvalue weighted by atomic mass is 9.98. The minimum atomic E-state index is -0.465. The van der Waals surface area contributed by atoms with Crippen LogP contribution in [-0.2, 0) is 14.3 Å². The van der Waals surface area contributed by atoms with Crippen molar-refractivity contribution in [2.75, 3.05) is 26.1 Å². The molecule has 1 amide bonds. The van der Waals surface area contributed by atoms with E-state index in [0.29, 0.717) is 27.7 Å². The second-order valence-electron chi connectivity index (χ2n) is 9.40. The van der Waals surface area contributed by atoms with Gasteiger partial charge in [0.2, 0.25) is 0 Å². The zero-order valence-corrected chi connectivity index (χ0v) is 26.3. The molecule has 0 unspecified atom stereocenters. The molecule has 1 atom stereocenters. The molecule has 0 aliphatic carbocycles. The van der Waals surface area contributed by atoms with E-state index in [1.165, 1.54) is 42.4 Å². The van der Waals surface area contributed by atoms with Crippen LogP contribution in [0, 0.1) is 0 Å². The van der Waals surface area contributed by atoms with E-state index >= 15 is 0 Å². The lowest BCUT2D eigenvalue weighted by Crippen LogP contribution is -2.12. The average Bonchev–Trinajstić information content (AvgIpc) is 3.42. The Balaban J connectivity index is 1.80. The minimum absolute atomic E-state index is 0.0899. The molecule has 1 heterocycles. The molecule has 10 heteroatoms. The van der Waals surface area contributed by atoms with Gasteiger partial charge in [-0.25, -0.2) is 9.78 Å². The van der Waals surface area contributed by atoms with Crippen LogP contribution in [-0.4, -0.2) is 37.7 Å². The zero-order valence-electron chi connectivity index (χ0n) is 24.0. The van der Waals surface area contributed by atoms with Crippen molar-refractivity contribution in [3.8, 4) is 17.0 Å². The molecule has 0 spiro atoms. The molecule has 220 valence electrons. The number of para-hydroxylation sites is 1. The first-order valence-corrected chi connectivity index (χ1v) is 15.2. The summed E-state index contributed by atoms with van der Waals surface area (Å²) >= 11 is 14.1. The first kappa shape index (κ1) is 32.6. The number of anilines is 1. The number of methoxy groups -OCH3 is 2. The number of aromatic nitrogens is 1. The summed E-state index contributed by atoms with van der Waals surface area (Å²) in [4.78, 5) is 29.7. The molecule has 0 aliphatic heterocycles. The van der Waals surface area contributed by atoms with E-state index in [-0.39, 0.29) is 28.3 Å². The zero-order chi connectivity index (χ0) is 29.9. The van der Waals surface area contributed by atoms with Crippen LogP contribution < -0.4 is 10.1 Å². The van der Waals surface area contributed by atoms with Crippen molar-refractivity contribution in [2.45, 2.75) is 59.0 Å². The van der Waals surface area contributed by atoms with E-state index in [1.54, 1.807) is 28.1 Å². The molecule has 0 saturated carbocycles. The molecule has 0 aliphatic rings. The van der Waals surface area contributed by atoms with Crippen molar-refractivity contribution >= 4 is 57.6 Å². The average molecular weight is 620 g/mol. The summed E-state index contributed by atoms with van der Waals surface area (Å²) in [5, 5.41) is 5.56. The van der Waals surface area contributed by atoms with Gasteiger partial charge in [0.25, 0.3) is 5.91 Å². The van der Waals surface area contributed by atoms with Gasteiger partial charge in [0, 0.05) is 40.3 Å². The molecule has 1 N–H and O–H groups in total. The molecular formula is C31H36Cl2N2O5S. The summed E-state index contributed by atoms with van der Waals surface area (Å²) < 4.78 is 16.7. The summed E-state index contributed by atoms with van der Waals surface area (Å²) in [6.07, 6.45) is 6.97. The van der Waals surface area contributed by atoms with Crippen molar-refractivity contribution in [3.63, 3.8) is 0 Å². The smallest absolute Gasteiger partial charge is 0.333 e. The Morgan fingerprint density at radius 1 is 1.10 bits per heavy atom. The normalized spacial score (nSPS) is 12.2. The Bertz CT molecular complexity index is 1370. The van der Waals surface area contributed by atoms with Crippen LogP contribution in [0.3, 0.4) is 0 Å². The van der Waals surface area contributed by atoms with Crippen molar-refractivity contribution in [1.82, 2.24) is 4.98 Å². The number of thiazole rings is 1. The predicted molar refractivity (Wildman–Crippen MR) is 167 cm³/mol. The van der Waals surface area contributed by atoms with Gasteiger partial charge in [-0.05, 0) is 44.5 Å². The van der Waals surface area contributed by atoms with Gasteiger partial charge < -0.3 is 14.2 Å². The van der Waals surface area contributed by atoms with Gasteiger partial charge in [-0.3, -0.25) is 10.1 Å². The lowest BCUT2D eigenvalue weighted by molar-refractivity contribution is -0.138. The molecule has 0 saturated heterocycles. The minimum Gasteiger partial charge on any atom is -0.496 e. The van der Waals surface area contributed by atoms with E-state index in [1.807, 2.05) is 23.6 Å². The fourth-order valence-corrected chi connectivity index (χ4v) is 5.69. The molecule has 41 heavy (non-hydrogen) atoms. The summed E-state index contributed by atoms with van der Waals surface area (Å²) in [6.45, 7) is 5.79. The highest BCUT2D eigenvalue weighted by atomic mass is 35.5. The van der Waals surface area contributed by atoms with Gasteiger partial charge in [-0.2, -0.15) is 0 Å². The third kappa shape index (κ3) is 8.55. The van der Waals surface area contributed by atoms with Crippen molar-refractivity contribution < 1.29 is 23.8 Å². The number of unbranched alkanes of at least 4 members (excludes halogenated alkanes) is 3. The Hall–Kier alpha value is -2.91. The number of rotatable bonds is 14. The van der Waals surface area contributed by atoms with Crippen LogP contribution in [0.4, 0.5) is 5.13 Å². The number of carbonyl (C=O) groups excluding carboxylic acids is 2.